The lowest BCUT2D eigenvalue weighted by atomic mass is 10.0. The minimum absolute atomic E-state index is 0.0486. The Labute approximate surface area is 199 Å². The number of amides is 1. The Hall–Kier alpha value is -2.84. The number of morpholine rings is 1. The van der Waals surface area contributed by atoms with Crippen molar-refractivity contribution in [1.29, 1.82) is 0 Å². The van der Waals surface area contributed by atoms with Gasteiger partial charge in [0.25, 0.3) is 0 Å². The van der Waals surface area contributed by atoms with Crippen LogP contribution in [0.15, 0.2) is 59.8 Å². The second kappa shape index (κ2) is 11.3. The van der Waals surface area contributed by atoms with Gasteiger partial charge in [0.2, 0.25) is 11.9 Å². The van der Waals surface area contributed by atoms with E-state index in [1.807, 2.05) is 36.4 Å². The molecule has 0 atom stereocenters. The Kier molecular flexibility index (Phi) is 8.01. The minimum atomic E-state index is -0.0486. The summed E-state index contributed by atoms with van der Waals surface area (Å²) < 4.78 is 7.61. The highest BCUT2D eigenvalue weighted by Crippen LogP contribution is 2.25. The standard InChI is InChI=1S/C25H31N5O2S/c1-19(2)17-30-24(29-12-14-32-15-13-29)27-28-25(30)33-18-23(31)26-22-11-7-6-10-21(22)16-20-8-4-3-5-9-20/h3-11,19H,12-18H2,1-2H3,(H,26,31). The second-order valence-corrected chi connectivity index (χ2v) is 9.49. The SMILES string of the molecule is CC(C)Cn1c(SCC(=O)Nc2ccccc2Cc2ccccc2)nnc1N1CCOCC1. The Balaban J connectivity index is 1.42. The lowest BCUT2D eigenvalue weighted by Gasteiger charge is -2.28. The molecule has 1 aromatic heterocycles. The first-order valence-corrected chi connectivity index (χ1v) is 12.4. The lowest BCUT2D eigenvalue weighted by Crippen LogP contribution is -2.38. The molecule has 4 rings (SSSR count). The number of carbonyl (C=O) groups excluding carboxylic acids is 1. The molecule has 174 valence electrons. The topological polar surface area (TPSA) is 72.3 Å². The van der Waals surface area contributed by atoms with Gasteiger partial charge in [-0.1, -0.05) is 74.1 Å². The van der Waals surface area contributed by atoms with E-state index in [0.29, 0.717) is 19.1 Å². The largest absolute Gasteiger partial charge is 0.378 e. The Morgan fingerprint density at radius 3 is 2.55 bits per heavy atom. The molecule has 0 spiro atoms. The molecule has 1 aliphatic heterocycles. The fraction of sp³-hybridized carbons (Fsp3) is 0.400. The van der Waals surface area contributed by atoms with Gasteiger partial charge in [-0.25, -0.2) is 0 Å². The number of ether oxygens (including phenoxy) is 1. The summed E-state index contributed by atoms with van der Waals surface area (Å²) in [6.45, 7) is 8.16. The molecule has 33 heavy (non-hydrogen) atoms. The van der Waals surface area contributed by atoms with E-state index in [4.69, 9.17) is 4.74 Å². The maximum Gasteiger partial charge on any atom is 0.234 e. The molecule has 2 heterocycles. The third-order valence-electron chi connectivity index (χ3n) is 5.40. The van der Waals surface area contributed by atoms with Crippen LogP contribution in [0, 0.1) is 5.92 Å². The van der Waals surface area contributed by atoms with Crippen LogP contribution >= 0.6 is 11.8 Å². The molecule has 8 heteroatoms. The van der Waals surface area contributed by atoms with Crippen LogP contribution in [0.4, 0.5) is 11.6 Å². The van der Waals surface area contributed by atoms with Crippen LogP contribution in [0.5, 0.6) is 0 Å². The number of carbonyl (C=O) groups is 1. The van der Waals surface area contributed by atoms with E-state index in [0.717, 1.165) is 48.4 Å². The molecule has 1 saturated heterocycles. The highest BCUT2D eigenvalue weighted by atomic mass is 32.2. The Bertz CT molecular complexity index is 1050. The molecule has 0 bridgehead atoms. The van der Waals surface area contributed by atoms with E-state index in [9.17, 15) is 4.79 Å². The number of rotatable bonds is 9. The summed E-state index contributed by atoms with van der Waals surface area (Å²) in [5, 5.41) is 12.7. The van der Waals surface area contributed by atoms with Gasteiger partial charge in [0, 0.05) is 25.3 Å². The van der Waals surface area contributed by atoms with Crippen molar-refractivity contribution in [3.63, 3.8) is 0 Å². The molecule has 1 fully saturated rings. The zero-order valence-electron chi connectivity index (χ0n) is 19.2. The molecule has 1 N–H and O–H groups in total. The number of hydrogen-bond acceptors (Lipinski definition) is 6. The number of hydrogen-bond donors (Lipinski definition) is 1. The van der Waals surface area contributed by atoms with Crippen LogP contribution in [0.25, 0.3) is 0 Å². The molecular formula is C25H31N5O2S. The number of para-hydroxylation sites is 1. The number of anilines is 2. The number of benzene rings is 2. The quantitative estimate of drug-likeness (QED) is 0.480. The predicted molar refractivity (Wildman–Crippen MR) is 133 cm³/mol. The van der Waals surface area contributed by atoms with Gasteiger partial charge in [0.15, 0.2) is 5.16 Å². The fourth-order valence-electron chi connectivity index (χ4n) is 3.84. The van der Waals surface area contributed by atoms with Crippen molar-refractivity contribution >= 4 is 29.3 Å². The summed E-state index contributed by atoms with van der Waals surface area (Å²) in [6, 6.07) is 18.2. The molecule has 1 aliphatic rings. The zero-order valence-corrected chi connectivity index (χ0v) is 20.1. The highest BCUT2D eigenvalue weighted by molar-refractivity contribution is 7.99. The minimum Gasteiger partial charge on any atom is -0.378 e. The first kappa shape index (κ1) is 23.3. The summed E-state index contributed by atoms with van der Waals surface area (Å²) >= 11 is 1.43. The molecule has 2 aromatic carbocycles. The first-order chi connectivity index (χ1) is 16.1. The summed E-state index contributed by atoms with van der Waals surface area (Å²) in [5.74, 6) is 1.54. The van der Waals surface area contributed by atoms with Gasteiger partial charge in [-0.05, 0) is 29.5 Å². The molecule has 0 saturated carbocycles. The fourth-order valence-corrected chi connectivity index (χ4v) is 4.58. The van der Waals surface area contributed by atoms with Gasteiger partial charge >= 0.3 is 0 Å². The number of nitrogens with one attached hydrogen (secondary N) is 1. The van der Waals surface area contributed by atoms with Crippen LogP contribution in [0.1, 0.15) is 25.0 Å². The lowest BCUT2D eigenvalue weighted by molar-refractivity contribution is -0.113. The third-order valence-corrected chi connectivity index (χ3v) is 6.37. The van der Waals surface area contributed by atoms with Crippen LogP contribution in [0.3, 0.4) is 0 Å². The van der Waals surface area contributed by atoms with Crippen molar-refractivity contribution in [3.8, 4) is 0 Å². The number of aromatic nitrogens is 3. The average Bonchev–Trinajstić information content (AvgIpc) is 3.22. The normalized spacial score (nSPS) is 14.0. The van der Waals surface area contributed by atoms with E-state index in [2.05, 4.69) is 57.0 Å². The van der Waals surface area contributed by atoms with Gasteiger partial charge in [-0.2, -0.15) is 0 Å². The van der Waals surface area contributed by atoms with Crippen LogP contribution in [0.2, 0.25) is 0 Å². The van der Waals surface area contributed by atoms with Crippen molar-refractivity contribution in [1.82, 2.24) is 14.8 Å². The highest BCUT2D eigenvalue weighted by Gasteiger charge is 2.21. The summed E-state index contributed by atoms with van der Waals surface area (Å²) in [5.41, 5.74) is 3.16. The smallest absolute Gasteiger partial charge is 0.234 e. The van der Waals surface area contributed by atoms with Gasteiger partial charge in [-0.15, -0.1) is 10.2 Å². The van der Waals surface area contributed by atoms with Crippen LogP contribution in [-0.4, -0.2) is 52.7 Å². The number of thioether (sulfide) groups is 1. The first-order valence-electron chi connectivity index (χ1n) is 11.4. The van der Waals surface area contributed by atoms with E-state index in [-0.39, 0.29) is 11.7 Å². The molecule has 1 amide bonds. The monoisotopic (exact) mass is 465 g/mol. The number of nitrogens with zero attached hydrogens (tertiary/aromatic N) is 4. The van der Waals surface area contributed by atoms with Gasteiger partial charge in [0.05, 0.1) is 19.0 Å². The molecule has 7 nitrogen and oxygen atoms in total. The summed E-state index contributed by atoms with van der Waals surface area (Å²) in [4.78, 5) is 15.0. The predicted octanol–water partition coefficient (Wildman–Crippen LogP) is 4.09. The van der Waals surface area contributed by atoms with Crippen molar-refractivity contribution in [2.45, 2.75) is 32.0 Å². The van der Waals surface area contributed by atoms with Crippen LogP contribution < -0.4 is 10.2 Å². The molecule has 3 aromatic rings. The third kappa shape index (κ3) is 6.36. The average molecular weight is 466 g/mol. The van der Waals surface area contributed by atoms with Gasteiger partial charge in [0.1, 0.15) is 0 Å². The molecule has 0 aliphatic carbocycles. The van der Waals surface area contributed by atoms with Crippen LogP contribution in [-0.2, 0) is 22.5 Å². The maximum absolute atomic E-state index is 12.8. The second-order valence-electron chi connectivity index (χ2n) is 8.54. The summed E-state index contributed by atoms with van der Waals surface area (Å²) in [6.07, 6.45) is 0.774. The van der Waals surface area contributed by atoms with E-state index in [1.165, 1.54) is 17.3 Å². The van der Waals surface area contributed by atoms with Crippen molar-refractivity contribution < 1.29 is 9.53 Å². The van der Waals surface area contributed by atoms with Crippen molar-refractivity contribution in [2.75, 3.05) is 42.3 Å². The van der Waals surface area contributed by atoms with Gasteiger partial charge in [-0.3, -0.25) is 9.36 Å². The van der Waals surface area contributed by atoms with Crippen molar-refractivity contribution in [2.24, 2.45) is 5.92 Å². The maximum atomic E-state index is 12.8. The molecule has 0 unspecified atom stereocenters. The van der Waals surface area contributed by atoms with Crippen molar-refractivity contribution in [3.05, 3.63) is 65.7 Å². The zero-order chi connectivity index (χ0) is 23.0. The van der Waals surface area contributed by atoms with E-state index < -0.39 is 0 Å². The summed E-state index contributed by atoms with van der Waals surface area (Å²) in [7, 11) is 0. The van der Waals surface area contributed by atoms with Gasteiger partial charge < -0.3 is 15.0 Å². The Morgan fingerprint density at radius 1 is 1.06 bits per heavy atom. The van der Waals surface area contributed by atoms with E-state index in [1.54, 1.807) is 0 Å². The Morgan fingerprint density at radius 2 is 1.79 bits per heavy atom. The molecule has 0 radical (unpaired) electrons. The van der Waals surface area contributed by atoms with E-state index >= 15 is 0 Å². The molecular weight excluding hydrogens is 434 g/mol.